The summed E-state index contributed by atoms with van der Waals surface area (Å²) in [6, 6.07) is 1.47. The molecule has 0 bridgehead atoms. The zero-order valence-corrected chi connectivity index (χ0v) is 9.14. The highest BCUT2D eigenvalue weighted by molar-refractivity contribution is 6.34. The SMILES string of the molecule is NC(=O)OC(=O)c1cn2c(N)ncc2cc1Cl. The lowest BCUT2D eigenvalue weighted by molar-refractivity contribution is 0.0638. The van der Waals surface area contributed by atoms with Crippen molar-refractivity contribution in [3.63, 3.8) is 0 Å². The molecule has 17 heavy (non-hydrogen) atoms. The lowest BCUT2D eigenvalue weighted by atomic mass is 10.2. The molecule has 8 heteroatoms. The number of carbonyl (C=O) groups is 2. The van der Waals surface area contributed by atoms with E-state index in [9.17, 15) is 9.59 Å². The van der Waals surface area contributed by atoms with Gasteiger partial charge in [0, 0.05) is 6.20 Å². The van der Waals surface area contributed by atoms with Crippen molar-refractivity contribution in [1.82, 2.24) is 9.38 Å². The summed E-state index contributed by atoms with van der Waals surface area (Å²) >= 11 is 5.86. The van der Waals surface area contributed by atoms with Gasteiger partial charge >= 0.3 is 12.1 Å². The number of carbonyl (C=O) groups excluding carboxylic acids is 2. The number of nitrogen functional groups attached to an aromatic ring is 1. The number of pyridine rings is 1. The maximum absolute atomic E-state index is 11.5. The number of rotatable bonds is 1. The van der Waals surface area contributed by atoms with Crippen LogP contribution in [0, 0.1) is 0 Å². The molecule has 0 atom stereocenters. The fourth-order valence-corrected chi connectivity index (χ4v) is 1.57. The van der Waals surface area contributed by atoms with Gasteiger partial charge in [0.05, 0.1) is 22.3 Å². The van der Waals surface area contributed by atoms with E-state index in [0.29, 0.717) is 5.52 Å². The van der Waals surface area contributed by atoms with E-state index >= 15 is 0 Å². The number of nitrogens with two attached hydrogens (primary N) is 2. The van der Waals surface area contributed by atoms with Gasteiger partial charge in [-0.3, -0.25) is 4.40 Å². The lowest BCUT2D eigenvalue weighted by Gasteiger charge is -2.04. The Kier molecular flexibility index (Phi) is 2.60. The first kappa shape index (κ1) is 11.2. The smallest absolute Gasteiger partial charge is 0.373 e. The van der Waals surface area contributed by atoms with E-state index < -0.39 is 12.1 Å². The molecule has 0 saturated heterocycles. The maximum atomic E-state index is 11.5. The average molecular weight is 255 g/mol. The van der Waals surface area contributed by atoms with Crippen LogP contribution in [0.3, 0.4) is 0 Å². The summed E-state index contributed by atoms with van der Waals surface area (Å²) < 4.78 is 5.66. The summed E-state index contributed by atoms with van der Waals surface area (Å²) in [5, 5.41) is 0.114. The quantitative estimate of drug-likeness (QED) is 0.577. The largest absolute Gasteiger partial charge is 0.412 e. The number of amides is 1. The third-order valence-corrected chi connectivity index (χ3v) is 2.37. The summed E-state index contributed by atoms with van der Waals surface area (Å²) in [5.74, 6) is -0.762. The standard InChI is InChI=1S/C9H7ClN4O3/c10-6-1-4-2-13-8(11)14(4)3-5(6)7(15)17-9(12)16/h1-3H,(H2,11,13)(H2,12,16). The second-order valence-corrected chi connectivity index (χ2v) is 3.56. The molecule has 0 radical (unpaired) electrons. The van der Waals surface area contributed by atoms with Crippen LogP contribution in [-0.4, -0.2) is 21.4 Å². The average Bonchev–Trinajstić information content (AvgIpc) is 2.57. The second kappa shape index (κ2) is 3.95. The number of fused-ring (bicyclic) bond motifs is 1. The molecule has 0 aliphatic rings. The highest BCUT2D eigenvalue weighted by Gasteiger charge is 2.16. The molecule has 0 fully saturated rings. The van der Waals surface area contributed by atoms with Crippen LogP contribution in [0.15, 0.2) is 18.5 Å². The Morgan fingerprint density at radius 1 is 1.47 bits per heavy atom. The summed E-state index contributed by atoms with van der Waals surface area (Å²) in [6.07, 6.45) is 1.61. The topological polar surface area (TPSA) is 113 Å². The van der Waals surface area contributed by atoms with Gasteiger partial charge in [-0.25, -0.2) is 14.6 Å². The predicted octanol–water partition coefficient (Wildman–Crippen LogP) is 0.805. The van der Waals surface area contributed by atoms with Crippen molar-refractivity contribution in [3.05, 3.63) is 29.0 Å². The fourth-order valence-electron chi connectivity index (χ4n) is 1.33. The molecule has 0 saturated carbocycles. The third-order valence-electron chi connectivity index (χ3n) is 2.06. The van der Waals surface area contributed by atoms with Crippen LogP contribution >= 0.6 is 11.6 Å². The molecule has 4 N–H and O–H groups in total. The third kappa shape index (κ3) is 2.00. The molecule has 0 aliphatic carbocycles. The van der Waals surface area contributed by atoms with Crippen LogP contribution < -0.4 is 11.5 Å². The highest BCUT2D eigenvalue weighted by Crippen LogP contribution is 2.21. The number of nitrogens with zero attached hydrogens (tertiary/aromatic N) is 2. The van der Waals surface area contributed by atoms with E-state index in [1.54, 1.807) is 0 Å². The van der Waals surface area contributed by atoms with Crippen LogP contribution in [0.5, 0.6) is 0 Å². The Labute approximate surface area is 99.9 Å². The monoisotopic (exact) mass is 254 g/mol. The van der Waals surface area contributed by atoms with Gasteiger partial charge in [0.1, 0.15) is 0 Å². The van der Waals surface area contributed by atoms with Crippen LogP contribution in [0.2, 0.25) is 5.02 Å². The summed E-state index contributed by atoms with van der Waals surface area (Å²) in [5.41, 5.74) is 10.9. The van der Waals surface area contributed by atoms with Gasteiger partial charge in [0.25, 0.3) is 0 Å². The number of anilines is 1. The Morgan fingerprint density at radius 3 is 2.82 bits per heavy atom. The van der Waals surface area contributed by atoms with Crippen molar-refractivity contribution >= 4 is 35.1 Å². The zero-order valence-electron chi connectivity index (χ0n) is 8.38. The van der Waals surface area contributed by atoms with Gasteiger partial charge in [-0.2, -0.15) is 0 Å². The molecular weight excluding hydrogens is 248 g/mol. The van der Waals surface area contributed by atoms with Crippen molar-refractivity contribution in [3.8, 4) is 0 Å². The van der Waals surface area contributed by atoms with E-state index in [1.165, 1.54) is 22.9 Å². The number of halogens is 1. The van der Waals surface area contributed by atoms with Gasteiger partial charge < -0.3 is 16.2 Å². The number of hydrogen-bond donors (Lipinski definition) is 2. The van der Waals surface area contributed by atoms with E-state index in [1.807, 2.05) is 0 Å². The summed E-state index contributed by atoms with van der Waals surface area (Å²) in [7, 11) is 0. The maximum Gasteiger partial charge on any atom is 0.412 e. The molecule has 0 unspecified atom stereocenters. The fraction of sp³-hybridized carbons (Fsp3) is 0. The van der Waals surface area contributed by atoms with Gasteiger partial charge in [0.15, 0.2) is 0 Å². The van der Waals surface area contributed by atoms with Crippen LogP contribution in [0.25, 0.3) is 5.52 Å². The predicted molar refractivity (Wildman–Crippen MR) is 59.6 cm³/mol. The molecular formula is C9H7ClN4O3. The van der Waals surface area contributed by atoms with Gasteiger partial charge in [0.2, 0.25) is 5.95 Å². The number of hydrogen-bond acceptors (Lipinski definition) is 5. The van der Waals surface area contributed by atoms with Crippen molar-refractivity contribution in [2.75, 3.05) is 5.73 Å². The van der Waals surface area contributed by atoms with E-state index in [0.717, 1.165) is 0 Å². The molecule has 2 rings (SSSR count). The number of aromatic nitrogens is 2. The van der Waals surface area contributed by atoms with Crippen LogP contribution in [0.1, 0.15) is 10.4 Å². The molecule has 0 aromatic carbocycles. The minimum Gasteiger partial charge on any atom is -0.373 e. The van der Waals surface area contributed by atoms with Gasteiger partial charge in [-0.15, -0.1) is 0 Å². The lowest BCUT2D eigenvalue weighted by Crippen LogP contribution is -2.19. The number of ether oxygens (including phenoxy) is 1. The molecule has 7 nitrogen and oxygen atoms in total. The molecule has 0 spiro atoms. The Balaban J connectivity index is 2.53. The molecule has 1 amide bonds. The molecule has 0 aliphatic heterocycles. The first-order valence-electron chi connectivity index (χ1n) is 4.42. The zero-order chi connectivity index (χ0) is 12.6. The Bertz CT molecular complexity index is 622. The van der Waals surface area contributed by atoms with Crippen molar-refractivity contribution in [2.45, 2.75) is 0 Å². The van der Waals surface area contributed by atoms with E-state index in [-0.39, 0.29) is 16.5 Å². The molecule has 2 heterocycles. The normalized spacial score (nSPS) is 10.4. The Hall–Kier alpha value is -2.28. The number of esters is 1. The van der Waals surface area contributed by atoms with Crippen molar-refractivity contribution in [1.29, 1.82) is 0 Å². The minimum absolute atomic E-state index is 0.0253. The van der Waals surface area contributed by atoms with E-state index in [2.05, 4.69) is 9.72 Å². The Morgan fingerprint density at radius 2 is 2.18 bits per heavy atom. The second-order valence-electron chi connectivity index (χ2n) is 3.15. The molecule has 2 aromatic heterocycles. The van der Waals surface area contributed by atoms with Gasteiger partial charge in [-0.1, -0.05) is 11.6 Å². The molecule has 2 aromatic rings. The van der Waals surface area contributed by atoms with Gasteiger partial charge in [-0.05, 0) is 6.07 Å². The van der Waals surface area contributed by atoms with Crippen molar-refractivity contribution in [2.24, 2.45) is 5.73 Å². The first-order chi connectivity index (χ1) is 7.99. The minimum atomic E-state index is -1.20. The number of imidazole rings is 1. The molecule has 88 valence electrons. The van der Waals surface area contributed by atoms with Crippen LogP contribution in [-0.2, 0) is 4.74 Å². The van der Waals surface area contributed by atoms with Crippen molar-refractivity contribution < 1.29 is 14.3 Å². The van der Waals surface area contributed by atoms with Crippen LogP contribution in [0.4, 0.5) is 10.7 Å². The first-order valence-corrected chi connectivity index (χ1v) is 4.80. The summed E-state index contributed by atoms with van der Waals surface area (Å²) in [4.78, 5) is 25.8. The van der Waals surface area contributed by atoms with E-state index in [4.69, 9.17) is 23.1 Å². The summed E-state index contributed by atoms with van der Waals surface area (Å²) in [6.45, 7) is 0. The highest BCUT2D eigenvalue weighted by atomic mass is 35.5. The number of primary amides is 1.